The summed E-state index contributed by atoms with van der Waals surface area (Å²) in [5, 5.41) is 7.32. The van der Waals surface area contributed by atoms with E-state index in [1.54, 1.807) is 0 Å². The molecule has 7 nitrogen and oxygen atoms in total. The predicted molar refractivity (Wildman–Crippen MR) is 106 cm³/mol. The van der Waals surface area contributed by atoms with Gasteiger partial charge in [0.1, 0.15) is 0 Å². The Morgan fingerprint density at radius 1 is 1.32 bits per heavy atom. The molecule has 0 spiro atoms. The van der Waals surface area contributed by atoms with Crippen LogP contribution in [0.5, 0.6) is 0 Å². The molecule has 2 saturated heterocycles. The van der Waals surface area contributed by atoms with Crippen LogP contribution in [-0.2, 0) is 12.0 Å². The van der Waals surface area contributed by atoms with E-state index >= 15 is 0 Å². The molecule has 28 heavy (non-hydrogen) atoms. The second-order valence-corrected chi connectivity index (χ2v) is 8.46. The number of aromatic nitrogens is 2. The van der Waals surface area contributed by atoms with E-state index in [1.165, 1.54) is 5.56 Å². The number of amides is 2. The third kappa shape index (κ3) is 3.63. The van der Waals surface area contributed by atoms with Crippen LogP contribution in [0.25, 0.3) is 0 Å². The molecule has 2 atom stereocenters. The van der Waals surface area contributed by atoms with E-state index in [9.17, 15) is 4.79 Å². The molecule has 2 fully saturated rings. The number of hydrogen-bond acceptors (Lipinski definition) is 5. The van der Waals surface area contributed by atoms with Gasteiger partial charge in [0.2, 0.25) is 5.89 Å². The number of carbonyl (C=O) groups is 1. The van der Waals surface area contributed by atoms with Crippen molar-refractivity contribution >= 4 is 6.03 Å². The fourth-order valence-corrected chi connectivity index (χ4v) is 4.66. The third-order valence-corrected chi connectivity index (χ3v) is 5.91. The number of fused-ring (bicyclic) bond motifs is 1. The standard InChI is InChI=1S/C21H29N5O2/c1-15(2)22-20(27)26-10-9-18-12-25(11-17-7-5-4-6-8-17)13-21(18,14-26)19-23-16(3)28-24-19/h4-8,15,18H,9-14H2,1-3H3,(H,22,27)/t18-,21+/m0/s1. The van der Waals surface area contributed by atoms with Crippen molar-refractivity contribution in [3.8, 4) is 0 Å². The van der Waals surface area contributed by atoms with Crippen LogP contribution in [0.1, 0.15) is 37.5 Å². The molecule has 2 aromatic rings. The van der Waals surface area contributed by atoms with Crippen LogP contribution < -0.4 is 5.32 Å². The Morgan fingerprint density at radius 2 is 2.11 bits per heavy atom. The van der Waals surface area contributed by atoms with Gasteiger partial charge in [-0.05, 0) is 31.7 Å². The van der Waals surface area contributed by atoms with Crippen LogP contribution in [0.2, 0.25) is 0 Å². The number of urea groups is 1. The Kier molecular flexibility index (Phi) is 5.10. The number of likely N-dealkylation sites (tertiary alicyclic amines) is 2. The van der Waals surface area contributed by atoms with Crippen molar-refractivity contribution in [2.75, 3.05) is 26.2 Å². The van der Waals surface area contributed by atoms with Crippen molar-refractivity contribution in [3.63, 3.8) is 0 Å². The number of benzene rings is 1. The summed E-state index contributed by atoms with van der Waals surface area (Å²) in [5.41, 5.74) is 1.02. The zero-order chi connectivity index (χ0) is 19.7. The van der Waals surface area contributed by atoms with Crippen molar-refractivity contribution in [1.29, 1.82) is 0 Å². The summed E-state index contributed by atoms with van der Waals surface area (Å²) >= 11 is 0. The molecule has 2 amide bonds. The maximum absolute atomic E-state index is 12.7. The summed E-state index contributed by atoms with van der Waals surface area (Å²) in [4.78, 5) is 21.7. The SMILES string of the molecule is Cc1nc([C@@]23CN(Cc4ccccc4)C[C@@H]2CCN(C(=O)NC(C)C)C3)no1. The first-order chi connectivity index (χ1) is 13.5. The van der Waals surface area contributed by atoms with Crippen LogP contribution in [-0.4, -0.2) is 58.2 Å². The monoisotopic (exact) mass is 383 g/mol. The lowest BCUT2D eigenvalue weighted by Crippen LogP contribution is -2.56. The van der Waals surface area contributed by atoms with Gasteiger partial charge in [0.15, 0.2) is 5.82 Å². The molecule has 7 heteroatoms. The van der Waals surface area contributed by atoms with Crippen molar-refractivity contribution < 1.29 is 9.32 Å². The van der Waals surface area contributed by atoms with E-state index in [0.717, 1.165) is 38.4 Å². The van der Waals surface area contributed by atoms with Gasteiger partial charge in [-0.3, -0.25) is 4.90 Å². The van der Waals surface area contributed by atoms with Crippen molar-refractivity contribution in [2.24, 2.45) is 5.92 Å². The van der Waals surface area contributed by atoms with Gasteiger partial charge in [0.05, 0.1) is 5.41 Å². The van der Waals surface area contributed by atoms with E-state index in [0.29, 0.717) is 18.4 Å². The Hall–Kier alpha value is -2.41. The normalized spacial score (nSPS) is 25.1. The summed E-state index contributed by atoms with van der Waals surface area (Å²) in [6.45, 7) is 9.90. The van der Waals surface area contributed by atoms with Crippen LogP contribution in [0.3, 0.4) is 0 Å². The summed E-state index contributed by atoms with van der Waals surface area (Å²) in [7, 11) is 0. The Labute approximate surface area is 166 Å². The molecule has 2 aliphatic rings. The first-order valence-corrected chi connectivity index (χ1v) is 10.1. The minimum absolute atomic E-state index is 0.00505. The molecule has 150 valence electrons. The number of piperidine rings is 1. The van der Waals surface area contributed by atoms with Crippen LogP contribution in [0, 0.1) is 12.8 Å². The molecule has 2 aliphatic heterocycles. The highest BCUT2D eigenvalue weighted by Crippen LogP contribution is 2.43. The van der Waals surface area contributed by atoms with Crippen molar-refractivity contribution in [1.82, 2.24) is 25.3 Å². The number of aryl methyl sites for hydroxylation is 1. The van der Waals surface area contributed by atoms with Crippen molar-refractivity contribution in [3.05, 3.63) is 47.6 Å². The molecule has 1 N–H and O–H groups in total. The molecule has 0 saturated carbocycles. The van der Waals surface area contributed by atoms with Gasteiger partial charge in [-0.2, -0.15) is 4.98 Å². The van der Waals surface area contributed by atoms with E-state index < -0.39 is 0 Å². The summed E-state index contributed by atoms with van der Waals surface area (Å²) in [6, 6.07) is 10.6. The van der Waals surface area contributed by atoms with E-state index in [2.05, 4.69) is 44.6 Å². The number of hydrogen-bond donors (Lipinski definition) is 1. The quantitative estimate of drug-likeness (QED) is 0.878. The molecule has 0 unspecified atom stereocenters. The van der Waals surface area contributed by atoms with Gasteiger partial charge >= 0.3 is 6.03 Å². The average Bonchev–Trinajstić information content (AvgIpc) is 3.25. The fraction of sp³-hybridized carbons (Fsp3) is 0.571. The first-order valence-electron chi connectivity index (χ1n) is 10.1. The largest absolute Gasteiger partial charge is 0.340 e. The lowest BCUT2D eigenvalue weighted by atomic mass is 9.72. The maximum Gasteiger partial charge on any atom is 0.317 e. The molecular formula is C21H29N5O2. The topological polar surface area (TPSA) is 74.5 Å². The molecule has 0 bridgehead atoms. The Bertz CT molecular complexity index is 821. The highest BCUT2D eigenvalue weighted by atomic mass is 16.5. The zero-order valence-corrected chi connectivity index (χ0v) is 16.9. The Balaban J connectivity index is 1.59. The maximum atomic E-state index is 12.7. The van der Waals surface area contributed by atoms with Crippen LogP contribution in [0.15, 0.2) is 34.9 Å². The number of nitrogens with zero attached hydrogens (tertiary/aromatic N) is 4. The van der Waals surface area contributed by atoms with Gasteiger partial charge in [0.25, 0.3) is 0 Å². The van der Waals surface area contributed by atoms with Gasteiger partial charge in [-0.1, -0.05) is 35.5 Å². The lowest BCUT2D eigenvalue weighted by molar-refractivity contribution is 0.122. The average molecular weight is 383 g/mol. The molecule has 3 heterocycles. The highest BCUT2D eigenvalue weighted by Gasteiger charge is 2.54. The van der Waals surface area contributed by atoms with Gasteiger partial charge < -0.3 is 14.7 Å². The second-order valence-electron chi connectivity index (χ2n) is 8.46. The summed E-state index contributed by atoms with van der Waals surface area (Å²) < 4.78 is 5.34. The predicted octanol–water partition coefficient (Wildman–Crippen LogP) is 2.57. The fourth-order valence-electron chi connectivity index (χ4n) is 4.66. The minimum atomic E-state index is -0.279. The lowest BCUT2D eigenvalue weighted by Gasteiger charge is -2.42. The molecular weight excluding hydrogens is 354 g/mol. The molecule has 0 radical (unpaired) electrons. The highest BCUT2D eigenvalue weighted by molar-refractivity contribution is 5.74. The summed E-state index contributed by atoms with van der Waals surface area (Å²) in [6.07, 6.45) is 0.949. The smallest absolute Gasteiger partial charge is 0.317 e. The first kappa shape index (κ1) is 18.9. The molecule has 4 rings (SSSR count). The number of nitrogens with one attached hydrogen (secondary N) is 1. The number of carbonyl (C=O) groups excluding carboxylic acids is 1. The Morgan fingerprint density at radius 3 is 2.79 bits per heavy atom. The van der Waals surface area contributed by atoms with E-state index in [4.69, 9.17) is 4.52 Å². The minimum Gasteiger partial charge on any atom is -0.340 e. The van der Waals surface area contributed by atoms with E-state index in [-0.39, 0.29) is 17.5 Å². The van der Waals surface area contributed by atoms with Crippen molar-refractivity contribution in [2.45, 2.75) is 45.2 Å². The molecule has 1 aromatic carbocycles. The van der Waals surface area contributed by atoms with Gasteiger partial charge in [-0.25, -0.2) is 4.79 Å². The van der Waals surface area contributed by atoms with E-state index in [1.807, 2.05) is 31.7 Å². The molecule has 0 aliphatic carbocycles. The molecule has 1 aromatic heterocycles. The zero-order valence-electron chi connectivity index (χ0n) is 16.9. The number of rotatable bonds is 4. The third-order valence-electron chi connectivity index (χ3n) is 5.91. The van der Waals surface area contributed by atoms with Gasteiger partial charge in [-0.15, -0.1) is 0 Å². The van der Waals surface area contributed by atoms with Gasteiger partial charge in [0, 0.05) is 45.7 Å². The second kappa shape index (κ2) is 7.54. The van der Waals surface area contributed by atoms with Crippen LogP contribution >= 0.6 is 0 Å². The summed E-state index contributed by atoms with van der Waals surface area (Å²) in [5.74, 6) is 1.73. The van der Waals surface area contributed by atoms with Crippen LogP contribution in [0.4, 0.5) is 4.79 Å².